The number of fused-ring (bicyclic) bond motifs is 1. The molecule has 1 aromatic rings. The molecule has 0 heterocycles. The van der Waals surface area contributed by atoms with Crippen molar-refractivity contribution < 1.29 is 5.11 Å². The number of hydrogen-bond acceptors (Lipinski definition) is 1. The van der Waals surface area contributed by atoms with Crippen LogP contribution in [-0.4, -0.2) is 5.11 Å². The third-order valence-electron chi connectivity index (χ3n) is 3.52. The van der Waals surface area contributed by atoms with Gasteiger partial charge in [-0.05, 0) is 54.4 Å². The van der Waals surface area contributed by atoms with E-state index >= 15 is 0 Å². The summed E-state index contributed by atoms with van der Waals surface area (Å²) in [6.07, 6.45) is 3.59. The first kappa shape index (κ1) is 9.57. The second kappa shape index (κ2) is 3.64. The van der Waals surface area contributed by atoms with Gasteiger partial charge in [-0.15, -0.1) is 0 Å². The summed E-state index contributed by atoms with van der Waals surface area (Å²) in [5.74, 6) is 1.89. The number of aromatic hydroxyl groups is 1. The maximum Gasteiger partial charge on any atom is 0.115 e. The van der Waals surface area contributed by atoms with Crippen molar-refractivity contribution in [1.82, 2.24) is 0 Å². The first-order chi connectivity index (χ1) is 6.72. The Morgan fingerprint density at radius 3 is 2.93 bits per heavy atom. The molecule has 0 aliphatic heterocycles. The van der Waals surface area contributed by atoms with Crippen LogP contribution in [0.4, 0.5) is 0 Å². The van der Waals surface area contributed by atoms with Crippen LogP contribution in [0.1, 0.15) is 43.7 Å². The molecule has 1 heteroatoms. The van der Waals surface area contributed by atoms with E-state index in [1.54, 1.807) is 0 Å². The SMILES string of the molecule is CCC1c2ccc(O)cc2CCC1C. The zero-order valence-corrected chi connectivity index (χ0v) is 8.96. The fraction of sp³-hybridized carbons (Fsp3) is 0.538. The molecule has 0 spiro atoms. The lowest BCUT2D eigenvalue weighted by Gasteiger charge is -2.30. The summed E-state index contributed by atoms with van der Waals surface area (Å²) in [4.78, 5) is 0. The van der Waals surface area contributed by atoms with Gasteiger partial charge < -0.3 is 5.11 Å². The molecule has 2 unspecified atom stereocenters. The largest absolute Gasteiger partial charge is 0.508 e. The molecule has 2 rings (SSSR count). The highest BCUT2D eigenvalue weighted by Gasteiger charge is 2.24. The summed E-state index contributed by atoms with van der Waals surface area (Å²) in [5, 5.41) is 9.41. The molecular weight excluding hydrogens is 172 g/mol. The van der Waals surface area contributed by atoms with E-state index in [1.807, 2.05) is 12.1 Å². The van der Waals surface area contributed by atoms with E-state index in [2.05, 4.69) is 19.9 Å². The number of phenolic OH excluding ortho intramolecular Hbond substituents is 1. The van der Waals surface area contributed by atoms with Gasteiger partial charge in [0.05, 0.1) is 0 Å². The van der Waals surface area contributed by atoms with Crippen molar-refractivity contribution in [3.8, 4) is 5.75 Å². The average molecular weight is 190 g/mol. The first-order valence-electron chi connectivity index (χ1n) is 5.54. The van der Waals surface area contributed by atoms with Gasteiger partial charge in [0.15, 0.2) is 0 Å². The second-order valence-corrected chi connectivity index (χ2v) is 4.41. The molecule has 1 nitrogen and oxygen atoms in total. The number of aryl methyl sites for hydroxylation is 1. The first-order valence-corrected chi connectivity index (χ1v) is 5.54. The van der Waals surface area contributed by atoms with Crippen molar-refractivity contribution in [2.75, 3.05) is 0 Å². The zero-order valence-electron chi connectivity index (χ0n) is 8.96. The fourth-order valence-electron chi connectivity index (χ4n) is 2.68. The van der Waals surface area contributed by atoms with E-state index in [0.29, 0.717) is 11.7 Å². The predicted octanol–water partition coefficient (Wildman–Crippen LogP) is 3.47. The Kier molecular flexibility index (Phi) is 2.49. The molecule has 76 valence electrons. The van der Waals surface area contributed by atoms with Gasteiger partial charge in [0.1, 0.15) is 5.75 Å². The van der Waals surface area contributed by atoms with Crippen molar-refractivity contribution in [2.24, 2.45) is 5.92 Å². The van der Waals surface area contributed by atoms with E-state index in [1.165, 1.54) is 24.0 Å². The minimum atomic E-state index is 0.410. The maximum atomic E-state index is 9.41. The summed E-state index contributed by atoms with van der Waals surface area (Å²) in [7, 11) is 0. The third-order valence-corrected chi connectivity index (χ3v) is 3.52. The van der Waals surface area contributed by atoms with Crippen molar-refractivity contribution in [1.29, 1.82) is 0 Å². The molecule has 0 saturated heterocycles. The van der Waals surface area contributed by atoms with Gasteiger partial charge in [-0.25, -0.2) is 0 Å². The highest BCUT2D eigenvalue weighted by atomic mass is 16.3. The van der Waals surface area contributed by atoms with Crippen LogP contribution in [0.5, 0.6) is 5.75 Å². The fourth-order valence-corrected chi connectivity index (χ4v) is 2.68. The summed E-state index contributed by atoms with van der Waals surface area (Å²) in [6, 6.07) is 5.86. The van der Waals surface area contributed by atoms with Crippen molar-refractivity contribution in [3.63, 3.8) is 0 Å². The normalized spacial score (nSPS) is 25.9. The van der Waals surface area contributed by atoms with Crippen molar-refractivity contribution >= 4 is 0 Å². The monoisotopic (exact) mass is 190 g/mol. The number of rotatable bonds is 1. The maximum absolute atomic E-state index is 9.41. The number of phenols is 1. The molecule has 0 fully saturated rings. The van der Waals surface area contributed by atoms with E-state index in [4.69, 9.17) is 0 Å². The van der Waals surface area contributed by atoms with Crippen molar-refractivity contribution in [3.05, 3.63) is 29.3 Å². The molecule has 1 aliphatic carbocycles. The highest BCUT2D eigenvalue weighted by Crippen LogP contribution is 2.39. The molecule has 1 aliphatic rings. The van der Waals surface area contributed by atoms with Crippen LogP contribution in [0.15, 0.2) is 18.2 Å². The lowest BCUT2D eigenvalue weighted by molar-refractivity contribution is 0.391. The summed E-state index contributed by atoms with van der Waals surface area (Å²) in [6.45, 7) is 4.59. The van der Waals surface area contributed by atoms with Gasteiger partial charge in [-0.2, -0.15) is 0 Å². The second-order valence-electron chi connectivity index (χ2n) is 4.41. The van der Waals surface area contributed by atoms with Crippen LogP contribution < -0.4 is 0 Å². The van der Waals surface area contributed by atoms with Crippen LogP contribution in [-0.2, 0) is 6.42 Å². The Bertz CT molecular complexity index is 330. The van der Waals surface area contributed by atoms with Gasteiger partial charge in [0.2, 0.25) is 0 Å². The number of hydrogen-bond donors (Lipinski definition) is 1. The summed E-state index contributed by atoms with van der Waals surface area (Å²) in [5.41, 5.74) is 2.82. The molecule has 0 amide bonds. The molecule has 0 saturated carbocycles. The summed E-state index contributed by atoms with van der Waals surface area (Å²) >= 11 is 0. The van der Waals surface area contributed by atoms with E-state index in [-0.39, 0.29) is 0 Å². The quantitative estimate of drug-likeness (QED) is 0.719. The van der Waals surface area contributed by atoms with E-state index in [0.717, 1.165) is 12.3 Å². The Morgan fingerprint density at radius 1 is 1.43 bits per heavy atom. The molecular formula is C13H18O. The van der Waals surface area contributed by atoms with Gasteiger partial charge >= 0.3 is 0 Å². The zero-order chi connectivity index (χ0) is 10.1. The van der Waals surface area contributed by atoms with Crippen LogP contribution >= 0.6 is 0 Å². The summed E-state index contributed by atoms with van der Waals surface area (Å²) < 4.78 is 0. The van der Waals surface area contributed by atoms with Crippen LogP contribution in [0, 0.1) is 5.92 Å². The van der Waals surface area contributed by atoms with Gasteiger partial charge in [-0.1, -0.05) is 19.9 Å². The Balaban J connectivity index is 2.41. The Morgan fingerprint density at radius 2 is 2.21 bits per heavy atom. The Labute approximate surface area is 85.8 Å². The smallest absolute Gasteiger partial charge is 0.115 e. The molecule has 1 aromatic carbocycles. The van der Waals surface area contributed by atoms with Gasteiger partial charge in [0.25, 0.3) is 0 Å². The Hall–Kier alpha value is -0.980. The minimum absolute atomic E-state index is 0.410. The molecule has 14 heavy (non-hydrogen) atoms. The van der Waals surface area contributed by atoms with Crippen LogP contribution in [0.25, 0.3) is 0 Å². The van der Waals surface area contributed by atoms with Crippen LogP contribution in [0.2, 0.25) is 0 Å². The average Bonchev–Trinajstić information content (AvgIpc) is 2.18. The number of benzene rings is 1. The van der Waals surface area contributed by atoms with E-state index < -0.39 is 0 Å². The van der Waals surface area contributed by atoms with Crippen LogP contribution in [0.3, 0.4) is 0 Å². The predicted molar refractivity (Wildman–Crippen MR) is 58.6 cm³/mol. The molecule has 0 aromatic heterocycles. The highest BCUT2D eigenvalue weighted by molar-refractivity contribution is 5.39. The topological polar surface area (TPSA) is 20.2 Å². The minimum Gasteiger partial charge on any atom is -0.508 e. The molecule has 2 atom stereocenters. The standard InChI is InChI=1S/C13H18O/c1-3-12-9(2)4-5-10-8-11(14)6-7-13(10)12/h6-9,12,14H,3-5H2,1-2H3. The van der Waals surface area contributed by atoms with Gasteiger partial charge in [-0.3, -0.25) is 0 Å². The molecule has 1 N–H and O–H groups in total. The lowest BCUT2D eigenvalue weighted by atomic mass is 9.75. The molecule has 0 bridgehead atoms. The van der Waals surface area contributed by atoms with E-state index in [9.17, 15) is 5.11 Å². The third kappa shape index (κ3) is 1.52. The lowest BCUT2D eigenvalue weighted by Crippen LogP contribution is -2.17. The molecule has 0 radical (unpaired) electrons. The van der Waals surface area contributed by atoms with Gasteiger partial charge in [0, 0.05) is 0 Å². The van der Waals surface area contributed by atoms with Crippen molar-refractivity contribution in [2.45, 2.75) is 39.0 Å².